The first kappa shape index (κ1) is 11.5. The minimum Gasteiger partial charge on any atom is -0.369 e. The summed E-state index contributed by atoms with van der Waals surface area (Å²) in [6.45, 7) is 3.35. The van der Waals surface area contributed by atoms with Crippen molar-refractivity contribution >= 4 is 16.7 Å². The van der Waals surface area contributed by atoms with Crippen LogP contribution >= 0.6 is 0 Å². The molecular weight excluding hydrogens is 220 g/mol. The predicted molar refractivity (Wildman–Crippen MR) is 76.8 cm³/mol. The van der Waals surface area contributed by atoms with Crippen LogP contribution in [0.1, 0.15) is 32.6 Å². The number of rotatable bonds is 5. The molecule has 0 saturated heterocycles. The van der Waals surface area contributed by atoms with E-state index in [2.05, 4.69) is 47.6 Å². The van der Waals surface area contributed by atoms with E-state index in [0.717, 1.165) is 17.9 Å². The van der Waals surface area contributed by atoms with Gasteiger partial charge in [0.1, 0.15) is 5.82 Å². The molecule has 2 aromatic rings. The SMILES string of the molecule is CCCC1(CNc2ccc3ccccc3n2)CC1. The summed E-state index contributed by atoms with van der Waals surface area (Å²) < 4.78 is 0. The Balaban J connectivity index is 1.71. The van der Waals surface area contributed by atoms with Gasteiger partial charge in [-0.25, -0.2) is 4.98 Å². The monoisotopic (exact) mass is 240 g/mol. The fourth-order valence-corrected chi connectivity index (χ4v) is 2.66. The number of pyridine rings is 1. The molecule has 0 unspecified atom stereocenters. The van der Waals surface area contributed by atoms with Crippen molar-refractivity contribution in [3.05, 3.63) is 36.4 Å². The fourth-order valence-electron chi connectivity index (χ4n) is 2.66. The lowest BCUT2D eigenvalue weighted by Gasteiger charge is -2.15. The molecule has 1 heterocycles. The molecule has 1 saturated carbocycles. The van der Waals surface area contributed by atoms with E-state index >= 15 is 0 Å². The molecule has 1 aliphatic carbocycles. The molecule has 0 amide bonds. The first-order valence-corrected chi connectivity index (χ1v) is 6.91. The normalized spacial score (nSPS) is 16.7. The zero-order valence-electron chi connectivity index (χ0n) is 10.9. The van der Waals surface area contributed by atoms with Crippen LogP contribution < -0.4 is 5.32 Å². The molecule has 1 fully saturated rings. The highest BCUT2D eigenvalue weighted by atomic mass is 15.0. The molecule has 18 heavy (non-hydrogen) atoms. The highest BCUT2D eigenvalue weighted by Gasteiger charge is 2.41. The Hall–Kier alpha value is -1.57. The summed E-state index contributed by atoms with van der Waals surface area (Å²) in [5.41, 5.74) is 1.64. The Kier molecular flexibility index (Phi) is 2.94. The first-order valence-electron chi connectivity index (χ1n) is 6.91. The summed E-state index contributed by atoms with van der Waals surface area (Å²) in [6.07, 6.45) is 5.38. The lowest BCUT2D eigenvalue weighted by Crippen LogP contribution is -2.15. The Morgan fingerprint density at radius 3 is 2.78 bits per heavy atom. The molecule has 1 N–H and O–H groups in total. The van der Waals surface area contributed by atoms with Crippen LogP contribution in [0.5, 0.6) is 0 Å². The van der Waals surface area contributed by atoms with Gasteiger partial charge in [-0.3, -0.25) is 0 Å². The van der Waals surface area contributed by atoms with Gasteiger partial charge in [-0.2, -0.15) is 0 Å². The number of nitrogens with one attached hydrogen (secondary N) is 1. The van der Waals surface area contributed by atoms with Crippen molar-refractivity contribution in [1.29, 1.82) is 0 Å². The van der Waals surface area contributed by atoms with E-state index in [1.54, 1.807) is 0 Å². The lowest BCUT2D eigenvalue weighted by molar-refractivity contribution is 0.485. The molecule has 1 aromatic heterocycles. The van der Waals surface area contributed by atoms with Gasteiger partial charge in [0, 0.05) is 11.9 Å². The van der Waals surface area contributed by atoms with Gasteiger partial charge in [0.2, 0.25) is 0 Å². The molecule has 0 spiro atoms. The second-order valence-electron chi connectivity index (χ2n) is 5.49. The molecule has 0 radical (unpaired) electrons. The minimum atomic E-state index is 0.572. The summed E-state index contributed by atoms with van der Waals surface area (Å²) >= 11 is 0. The number of benzene rings is 1. The van der Waals surface area contributed by atoms with Crippen molar-refractivity contribution in [3.8, 4) is 0 Å². The third-order valence-electron chi connectivity index (χ3n) is 3.98. The van der Waals surface area contributed by atoms with Crippen molar-refractivity contribution in [1.82, 2.24) is 4.98 Å². The smallest absolute Gasteiger partial charge is 0.126 e. The Labute approximate surface area is 108 Å². The van der Waals surface area contributed by atoms with Crippen LogP contribution in [0.3, 0.4) is 0 Å². The van der Waals surface area contributed by atoms with E-state index in [4.69, 9.17) is 0 Å². The quantitative estimate of drug-likeness (QED) is 0.846. The number of hydrogen-bond acceptors (Lipinski definition) is 2. The fraction of sp³-hybridized carbons (Fsp3) is 0.438. The molecule has 1 aliphatic rings. The highest BCUT2D eigenvalue weighted by Crippen LogP contribution is 2.49. The maximum Gasteiger partial charge on any atom is 0.126 e. The van der Waals surface area contributed by atoms with Crippen LogP contribution in [0, 0.1) is 5.41 Å². The van der Waals surface area contributed by atoms with Gasteiger partial charge in [0.05, 0.1) is 5.52 Å². The lowest BCUT2D eigenvalue weighted by atomic mass is 10.0. The molecule has 1 aromatic carbocycles. The second kappa shape index (κ2) is 4.60. The van der Waals surface area contributed by atoms with Crippen molar-refractivity contribution in [2.75, 3.05) is 11.9 Å². The summed E-state index contributed by atoms with van der Waals surface area (Å²) in [5.74, 6) is 1.01. The van der Waals surface area contributed by atoms with Gasteiger partial charge < -0.3 is 5.32 Å². The predicted octanol–water partition coefficient (Wildman–Crippen LogP) is 4.23. The van der Waals surface area contributed by atoms with Crippen molar-refractivity contribution in [2.45, 2.75) is 32.6 Å². The number of para-hydroxylation sites is 1. The van der Waals surface area contributed by atoms with E-state index < -0.39 is 0 Å². The van der Waals surface area contributed by atoms with E-state index in [0.29, 0.717) is 5.41 Å². The van der Waals surface area contributed by atoms with E-state index in [1.807, 2.05) is 6.07 Å². The molecule has 94 valence electrons. The van der Waals surface area contributed by atoms with Gasteiger partial charge in [-0.05, 0) is 42.9 Å². The van der Waals surface area contributed by atoms with E-state index in [1.165, 1.54) is 31.1 Å². The van der Waals surface area contributed by atoms with E-state index in [-0.39, 0.29) is 0 Å². The van der Waals surface area contributed by atoms with Crippen molar-refractivity contribution in [2.24, 2.45) is 5.41 Å². The van der Waals surface area contributed by atoms with Crippen LogP contribution in [0.15, 0.2) is 36.4 Å². The third kappa shape index (κ3) is 2.33. The van der Waals surface area contributed by atoms with Crippen LogP contribution in [-0.2, 0) is 0 Å². The van der Waals surface area contributed by atoms with Crippen LogP contribution in [0.25, 0.3) is 10.9 Å². The maximum atomic E-state index is 4.66. The first-order chi connectivity index (χ1) is 8.81. The topological polar surface area (TPSA) is 24.9 Å². The number of nitrogens with zero attached hydrogens (tertiary/aromatic N) is 1. The van der Waals surface area contributed by atoms with E-state index in [9.17, 15) is 0 Å². The molecule has 2 heteroatoms. The van der Waals surface area contributed by atoms with Crippen LogP contribution in [0.2, 0.25) is 0 Å². The van der Waals surface area contributed by atoms with Gasteiger partial charge in [0.25, 0.3) is 0 Å². The number of aromatic nitrogens is 1. The maximum absolute atomic E-state index is 4.66. The molecular formula is C16H20N2. The number of fused-ring (bicyclic) bond motifs is 1. The highest BCUT2D eigenvalue weighted by molar-refractivity contribution is 5.80. The summed E-state index contributed by atoms with van der Waals surface area (Å²) in [7, 11) is 0. The summed E-state index contributed by atoms with van der Waals surface area (Å²) in [4.78, 5) is 4.66. The number of hydrogen-bond donors (Lipinski definition) is 1. The standard InChI is InChI=1S/C16H20N2/c1-2-9-16(10-11-16)12-17-15-8-7-13-5-3-4-6-14(13)18-15/h3-8H,2,9-12H2,1H3,(H,17,18). The largest absolute Gasteiger partial charge is 0.369 e. The summed E-state index contributed by atoms with van der Waals surface area (Å²) in [6, 6.07) is 12.5. The zero-order chi connectivity index (χ0) is 12.4. The van der Waals surface area contributed by atoms with Crippen molar-refractivity contribution < 1.29 is 0 Å². The molecule has 0 aliphatic heterocycles. The molecule has 0 atom stereocenters. The Bertz CT molecular complexity index is 544. The average Bonchev–Trinajstić information content (AvgIpc) is 3.17. The second-order valence-corrected chi connectivity index (χ2v) is 5.49. The average molecular weight is 240 g/mol. The summed E-state index contributed by atoms with van der Waals surface area (Å²) in [5, 5.41) is 4.72. The van der Waals surface area contributed by atoms with Gasteiger partial charge in [0.15, 0.2) is 0 Å². The van der Waals surface area contributed by atoms with Gasteiger partial charge >= 0.3 is 0 Å². The zero-order valence-corrected chi connectivity index (χ0v) is 10.9. The van der Waals surface area contributed by atoms with Crippen LogP contribution in [-0.4, -0.2) is 11.5 Å². The Morgan fingerprint density at radius 1 is 1.17 bits per heavy atom. The van der Waals surface area contributed by atoms with Crippen molar-refractivity contribution in [3.63, 3.8) is 0 Å². The number of anilines is 1. The molecule has 3 rings (SSSR count). The third-order valence-corrected chi connectivity index (χ3v) is 3.98. The Morgan fingerprint density at radius 2 is 2.00 bits per heavy atom. The van der Waals surface area contributed by atoms with Gasteiger partial charge in [-0.1, -0.05) is 31.5 Å². The minimum absolute atomic E-state index is 0.572. The molecule has 0 bridgehead atoms. The van der Waals surface area contributed by atoms with Gasteiger partial charge in [-0.15, -0.1) is 0 Å². The molecule has 2 nitrogen and oxygen atoms in total. The van der Waals surface area contributed by atoms with Crippen LogP contribution in [0.4, 0.5) is 5.82 Å².